The van der Waals surface area contributed by atoms with Crippen LogP contribution in [0.2, 0.25) is 5.02 Å². The minimum absolute atomic E-state index is 0.0544. The van der Waals surface area contributed by atoms with Crippen LogP contribution in [0.5, 0.6) is 0 Å². The molecule has 38 heavy (non-hydrogen) atoms. The molecule has 2 aliphatic rings. The van der Waals surface area contributed by atoms with Crippen molar-refractivity contribution in [2.75, 3.05) is 57.3 Å². The van der Waals surface area contributed by atoms with Crippen molar-refractivity contribution in [3.8, 4) is 0 Å². The number of hydrogen-bond donors (Lipinski definition) is 0. The maximum absolute atomic E-state index is 13.1. The van der Waals surface area contributed by atoms with Gasteiger partial charge < -0.3 is 9.80 Å². The normalized spacial score (nSPS) is 17.5. The van der Waals surface area contributed by atoms with E-state index in [-0.39, 0.29) is 5.91 Å². The van der Waals surface area contributed by atoms with E-state index in [1.54, 1.807) is 28.6 Å². The van der Waals surface area contributed by atoms with E-state index in [1.165, 1.54) is 5.56 Å². The Morgan fingerprint density at radius 2 is 1.47 bits per heavy atom. The number of halogens is 1. The molecule has 0 bridgehead atoms. The zero-order valence-electron chi connectivity index (χ0n) is 21.6. The zero-order chi connectivity index (χ0) is 26.7. The molecule has 7 nitrogen and oxygen atoms in total. The van der Waals surface area contributed by atoms with Crippen LogP contribution in [0.3, 0.4) is 0 Å². The first kappa shape index (κ1) is 26.7. The molecule has 0 N–H and O–H groups in total. The first-order valence-electron chi connectivity index (χ1n) is 13.0. The van der Waals surface area contributed by atoms with Crippen LogP contribution >= 0.6 is 11.6 Å². The van der Waals surface area contributed by atoms with Gasteiger partial charge in [-0.15, -0.1) is 0 Å². The van der Waals surface area contributed by atoms with Gasteiger partial charge >= 0.3 is 0 Å². The van der Waals surface area contributed by atoms with Gasteiger partial charge in [0, 0.05) is 75.2 Å². The van der Waals surface area contributed by atoms with Gasteiger partial charge in [0.15, 0.2) is 0 Å². The first-order valence-corrected chi connectivity index (χ1v) is 14.8. The van der Waals surface area contributed by atoms with E-state index in [2.05, 4.69) is 16.7 Å². The summed E-state index contributed by atoms with van der Waals surface area (Å²) in [4.78, 5) is 19.9. The maximum Gasteiger partial charge on any atom is 0.253 e. The predicted molar refractivity (Wildman–Crippen MR) is 151 cm³/mol. The summed E-state index contributed by atoms with van der Waals surface area (Å²) in [6, 6.07) is 22.4. The number of carbonyl (C=O) groups is 1. The fourth-order valence-electron chi connectivity index (χ4n) is 5.14. The number of amides is 1. The molecule has 2 aliphatic heterocycles. The maximum atomic E-state index is 13.1. The Balaban J connectivity index is 1.12. The van der Waals surface area contributed by atoms with Crippen LogP contribution in [0.25, 0.3) is 0 Å². The standard InChI is InChI=1S/C29H33ClN4O3S/c1-23-7-12-26(30)21-28(23)32-15-17-33(18-16-32)29(35)25-10-8-24(9-11-25)22-31-13-19-34(20-14-31)38(36,37)27-5-3-2-4-6-27/h2-12,21H,13-20,22H2,1H3. The average molecular weight is 553 g/mol. The highest BCUT2D eigenvalue weighted by atomic mass is 35.5. The summed E-state index contributed by atoms with van der Waals surface area (Å²) < 4.78 is 27.3. The lowest BCUT2D eigenvalue weighted by atomic mass is 10.1. The summed E-state index contributed by atoms with van der Waals surface area (Å²) in [6.07, 6.45) is 0. The highest BCUT2D eigenvalue weighted by molar-refractivity contribution is 7.89. The molecule has 2 fully saturated rings. The highest BCUT2D eigenvalue weighted by Crippen LogP contribution is 2.26. The van der Waals surface area contributed by atoms with Crippen molar-refractivity contribution in [1.29, 1.82) is 0 Å². The Bertz CT molecular complexity index is 1370. The van der Waals surface area contributed by atoms with Crippen LogP contribution in [-0.2, 0) is 16.6 Å². The quantitative estimate of drug-likeness (QED) is 0.460. The fourth-order valence-corrected chi connectivity index (χ4v) is 6.75. The third kappa shape index (κ3) is 5.89. The number of hydrogen-bond acceptors (Lipinski definition) is 5. The van der Waals surface area contributed by atoms with Gasteiger partial charge in [-0.05, 0) is 54.4 Å². The zero-order valence-corrected chi connectivity index (χ0v) is 23.2. The molecular weight excluding hydrogens is 520 g/mol. The smallest absolute Gasteiger partial charge is 0.253 e. The molecule has 0 unspecified atom stereocenters. The molecule has 0 spiro atoms. The molecule has 2 saturated heterocycles. The van der Waals surface area contributed by atoms with Crippen LogP contribution in [0.15, 0.2) is 77.7 Å². The lowest BCUT2D eigenvalue weighted by Crippen LogP contribution is -2.49. The van der Waals surface area contributed by atoms with Crippen molar-refractivity contribution < 1.29 is 13.2 Å². The van der Waals surface area contributed by atoms with Crippen molar-refractivity contribution in [2.45, 2.75) is 18.4 Å². The van der Waals surface area contributed by atoms with Gasteiger partial charge in [0.2, 0.25) is 10.0 Å². The molecule has 5 rings (SSSR count). The number of aryl methyl sites for hydroxylation is 1. The Morgan fingerprint density at radius 1 is 0.816 bits per heavy atom. The molecular formula is C29H33ClN4O3S. The largest absolute Gasteiger partial charge is 0.368 e. The third-order valence-electron chi connectivity index (χ3n) is 7.40. The fraction of sp³-hybridized carbons (Fsp3) is 0.345. The van der Waals surface area contributed by atoms with Crippen LogP contribution in [0.1, 0.15) is 21.5 Å². The van der Waals surface area contributed by atoms with Gasteiger partial charge in [-0.1, -0.05) is 48.0 Å². The average Bonchev–Trinajstić information content (AvgIpc) is 2.95. The van der Waals surface area contributed by atoms with Gasteiger partial charge in [-0.3, -0.25) is 9.69 Å². The third-order valence-corrected chi connectivity index (χ3v) is 9.55. The van der Waals surface area contributed by atoms with E-state index >= 15 is 0 Å². The number of anilines is 1. The minimum atomic E-state index is -3.45. The molecule has 0 atom stereocenters. The number of rotatable bonds is 6. The molecule has 3 aromatic carbocycles. The number of sulfonamides is 1. The summed E-state index contributed by atoms with van der Waals surface area (Å²) in [5.74, 6) is 0.0544. The Labute approximate surface area is 230 Å². The lowest BCUT2D eigenvalue weighted by molar-refractivity contribution is 0.0746. The van der Waals surface area contributed by atoms with E-state index in [9.17, 15) is 13.2 Å². The molecule has 0 aliphatic carbocycles. The SMILES string of the molecule is Cc1ccc(Cl)cc1N1CCN(C(=O)c2ccc(CN3CCN(S(=O)(=O)c4ccccc4)CC3)cc2)CC1. The van der Waals surface area contributed by atoms with Crippen molar-refractivity contribution in [3.63, 3.8) is 0 Å². The van der Waals surface area contributed by atoms with Gasteiger partial charge in [-0.25, -0.2) is 8.42 Å². The van der Waals surface area contributed by atoms with Crippen LogP contribution in [0, 0.1) is 6.92 Å². The number of piperazine rings is 2. The Kier molecular flexibility index (Phi) is 8.04. The van der Waals surface area contributed by atoms with Crippen molar-refractivity contribution in [3.05, 3.63) is 94.5 Å². The molecule has 9 heteroatoms. The van der Waals surface area contributed by atoms with E-state index < -0.39 is 10.0 Å². The molecule has 1 amide bonds. The van der Waals surface area contributed by atoms with Crippen molar-refractivity contribution in [1.82, 2.24) is 14.1 Å². The van der Waals surface area contributed by atoms with E-state index in [0.29, 0.717) is 49.7 Å². The molecule has 0 aromatic heterocycles. The van der Waals surface area contributed by atoms with E-state index in [4.69, 9.17) is 11.6 Å². The Morgan fingerprint density at radius 3 is 2.13 bits per heavy atom. The molecule has 0 saturated carbocycles. The molecule has 2 heterocycles. The molecule has 3 aromatic rings. The highest BCUT2D eigenvalue weighted by Gasteiger charge is 2.28. The second-order valence-corrected chi connectivity index (χ2v) is 12.3. The van der Waals surface area contributed by atoms with Crippen molar-refractivity contribution >= 4 is 33.2 Å². The van der Waals surface area contributed by atoms with Crippen LogP contribution in [0.4, 0.5) is 5.69 Å². The summed E-state index contributed by atoms with van der Waals surface area (Å²) in [5.41, 5.74) is 4.12. The minimum Gasteiger partial charge on any atom is -0.368 e. The summed E-state index contributed by atoms with van der Waals surface area (Å²) in [5, 5.41) is 0.725. The molecule has 200 valence electrons. The van der Waals surface area contributed by atoms with Gasteiger partial charge in [0.25, 0.3) is 5.91 Å². The lowest BCUT2D eigenvalue weighted by Gasteiger charge is -2.37. The first-order chi connectivity index (χ1) is 18.3. The van der Waals surface area contributed by atoms with Gasteiger partial charge in [0.1, 0.15) is 0 Å². The van der Waals surface area contributed by atoms with Crippen LogP contribution < -0.4 is 4.90 Å². The van der Waals surface area contributed by atoms with Crippen LogP contribution in [-0.4, -0.2) is 80.8 Å². The topological polar surface area (TPSA) is 64.2 Å². The van der Waals surface area contributed by atoms with E-state index in [1.807, 2.05) is 53.4 Å². The van der Waals surface area contributed by atoms with Gasteiger partial charge in [0.05, 0.1) is 4.90 Å². The monoisotopic (exact) mass is 552 g/mol. The molecule has 0 radical (unpaired) electrons. The van der Waals surface area contributed by atoms with E-state index in [0.717, 1.165) is 35.9 Å². The second kappa shape index (κ2) is 11.5. The summed E-state index contributed by atoms with van der Waals surface area (Å²) >= 11 is 6.20. The summed E-state index contributed by atoms with van der Waals surface area (Å²) in [6.45, 7) is 7.97. The predicted octanol–water partition coefficient (Wildman–Crippen LogP) is 4.12. The summed E-state index contributed by atoms with van der Waals surface area (Å²) in [7, 11) is -3.45. The Hall–Kier alpha value is -2.91. The number of benzene rings is 3. The second-order valence-electron chi connectivity index (χ2n) is 9.90. The number of carbonyl (C=O) groups excluding carboxylic acids is 1. The van der Waals surface area contributed by atoms with Crippen molar-refractivity contribution in [2.24, 2.45) is 0 Å². The number of nitrogens with zero attached hydrogens (tertiary/aromatic N) is 4. The van der Waals surface area contributed by atoms with Gasteiger partial charge in [-0.2, -0.15) is 4.31 Å².